The number of halogens is 1. The molecule has 0 fully saturated rings. The minimum atomic E-state index is -0.0601. The zero-order valence-electron chi connectivity index (χ0n) is 13.5. The Morgan fingerprint density at radius 2 is 2.21 bits per heavy atom. The summed E-state index contributed by atoms with van der Waals surface area (Å²) in [4.78, 5) is 17.5. The molecular formula is C17H21BrN4OS. The second-order valence-electron chi connectivity index (χ2n) is 5.28. The van der Waals surface area contributed by atoms with Gasteiger partial charge >= 0.3 is 0 Å². The average Bonchev–Trinajstić information content (AvgIpc) is 3.04. The smallest absolute Gasteiger partial charge is 0.226 e. The number of nitrogens with one attached hydrogen (secondary N) is 2. The maximum Gasteiger partial charge on any atom is 0.226 e. The predicted molar refractivity (Wildman–Crippen MR) is 105 cm³/mol. The van der Waals surface area contributed by atoms with Crippen LogP contribution < -0.4 is 16.4 Å². The Kier molecular flexibility index (Phi) is 7.27. The molecule has 0 radical (unpaired) electrons. The number of carbonyl (C=O) groups is 1. The van der Waals surface area contributed by atoms with E-state index in [1.807, 2.05) is 36.6 Å². The molecule has 1 amide bonds. The number of anilines is 1. The molecule has 0 atom stereocenters. The van der Waals surface area contributed by atoms with Crippen LogP contribution in [0.25, 0.3) is 0 Å². The first kappa shape index (κ1) is 18.5. The van der Waals surface area contributed by atoms with Gasteiger partial charge in [-0.05, 0) is 36.1 Å². The van der Waals surface area contributed by atoms with Crippen LogP contribution in [0.3, 0.4) is 0 Å². The van der Waals surface area contributed by atoms with Crippen LogP contribution in [0.5, 0.6) is 0 Å². The Morgan fingerprint density at radius 3 is 2.96 bits per heavy atom. The van der Waals surface area contributed by atoms with Crippen molar-refractivity contribution in [1.29, 1.82) is 0 Å². The first-order valence-corrected chi connectivity index (χ1v) is 9.34. The topological polar surface area (TPSA) is 79.5 Å². The van der Waals surface area contributed by atoms with Crippen molar-refractivity contribution in [3.63, 3.8) is 0 Å². The van der Waals surface area contributed by atoms with Crippen molar-refractivity contribution in [2.24, 2.45) is 10.7 Å². The molecule has 0 aliphatic rings. The molecule has 1 aromatic heterocycles. The van der Waals surface area contributed by atoms with Gasteiger partial charge in [0.25, 0.3) is 0 Å². The fourth-order valence-electron chi connectivity index (χ4n) is 2.04. The fraction of sp³-hybridized carbons (Fsp3) is 0.294. The van der Waals surface area contributed by atoms with Gasteiger partial charge in [-0.3, -0.25) is 9.79 Å². The molecule has 0 bridgehead atoms. The Hall–Kier alpha value is -1.86. The minimum absolute atomic E-state index is 0.0601. The number of amides is 1. The van der Waals surface area contributed by atoms with Crippen LogP contribution in [-0.2, 0) is 11.2 Å². The monoisotopic (exact) mass is 408 g/mol. The first-order chi connectivity index (χ1) is 11.5. The summed E-state index contributed by atoms with van der Waals surface area (Å²) in [5.41, 5.74) is 7.63. The molecule has 2 aromatic rings. The lowest BCUT2D eigenvalue weighted by Gasteiger charge is -2.09. The van der Waals surface area contributed by atoms with Crippen molar-refractivity contribution in [3.05, 3.63) is 50.6 Å². The quantitative estimate of drug-likeness (QED) is 0.485. The minimum Gasteiger partial charge on any atom is -0.370 e. The van der Waals surface area contributed by atoms with Crippen LogP contribution in [0.4, 0.5) is 5.69 Å². The molecule has 0 unspecified atom stereocenters. The van der Waals surface area contributed by atoms with Crippen LogP contribution >= 0.6 is 27.3 Å². The van der Waals surface area contributed by atoms with E-state index in [1.165, 1.54) is 4.88 Å². The summed E-state index contributed by atoms with van der Waals surface area (Å²) < 4.78 is 0.934. The number of aryl methyl sites for hydroxylation is 1. The van der Waals surface area contributed by atoms with Gasteiger partial charge in [0.15, 0.2) is 5.96 Å². The number of thiophene rings is 1. The summed E-state index contributed by atoms with van der Waals surface area (Å²) in [7, 11) is 0. The van der Waals surface area contributed by atoms with Gasteiger partial charge in [-0.1, -0.05) is 28.1 Å². The van der Waals surface area contributed by atoms with Gasteiger partial charge in [0.1, 0.15) is 0 Å². The molecular weight excluding hydrogens is 388 g/mol. The maximum atomic E-state index is 12.0. The third kappa shape index (κ3) is 6.33. The molecule has 0 spiro atoms. The van der Waals surface area contributed by atoms with Gasteiger partial charge in [-0.2, -0.15) is 0 Å². The number of benzene rings is 1. The summed E-state index contributed by atoms with van der Waals surface area (Å²) in [6.07, 6.45) is 1.20. The van der Waals surface area contributed by atoms with E-state index in [1.54, 1.807) is 11.3 Å². The fourth-order valence-corrected chi connectivity index (χ4v) is 3.10. The molecule has 4 N–H and O–H groups in total. The van der Waals surface area contributed by atoms with Crippen molar-refractivity contribution in [1.82, 2.24) is 5.32 Å². The lowest BCUT2D eigenvalue weighted by atomic mass is 10.2. The van der Waals surface area contributed by atoms with Gasteiger partial charge in [-0.15, -0.1) is 11.3 Å². The van der Waals surface area contributed by atoms with Crippen LogP contribution in [0.15, 0.2) is 45.2 Å². The van der Waals surface area contributed by atoms with Crippen molar-refractivity contribution in [3.8, 4) is 0 Å². The van der Waals surface area contributed by atoms with Gasteiger partial charge in [0.2, 0.25) is 5.91 Å². The summed E-state index contributed by atoms with van der Waals surface area (Å²) in [6, 6.07) is 9.89. The molecule has 128 valence electrons. The number of aliphatic imine (C=N–C) groups is 1. The highest BCUT2D eigenvalue weighted by molar-refractivity contribution is 9.10. The zero-order chi connectivity index (χ0) is 17.4. The van der Waals surface area contributed by atoms with Crippen molar-refractivity contribution < 1.29 is 4.79 Å². The standard InChI is InChI=1S/C17H21BrN4OS/c1-12-4-5-13(18)11-15(12)22-16(23)7-9-21-17(19)20-8-6-14-3-2-10-24-14/h2-5,10-11H,6-9H2,1H3,(H,22,23)(H3,19,20,21). The van der Waals surface area contributed by atoms with E-state index in [-0.39, 0.29) is 5.91 Å². The van der Waals surface area contributed by atoms with Crippen molar-refractivity contribution in [2.45, 2.75) is 19.8 Å². The number of rotatable bonds is 7. The maximum absolute atomic E-state index is 12.0. The molecule has 24 heavy (non-hydrogen) atoms. The van der Waals surface area contributed by atoms with Crippen molar-refractivity contribution in [2.75, 3.05) is 18.4 Å². The Labute approximate surface area is 154 Å². The highest BCUT2D eigenvalue weighted by Crippen LogP contribution is 2.20. The van der Waals surface area contributed by atoms with Gasteiger partial charge in [0, 0.05) is 41.0 Å². The molecule has 0 saturated heterocycles. The zero-order valence-corrected chi connectivity index (χ0v) is 15.9. The highest BCUT2D eigenvalue weighted by atomic mass is 79.9. The summed E-state index contributed by atoms with van der Waals surface area (Å²) >= 11 is 5.11. The van der Waals surface area contributed by atoms with Crippen molar-refractivity contribution >= 4 is 44.8 Å². The highest BCUT2D eigenvalue weighted by Gasteiger charge is 2.05. The molecule has 0 aliphatic heterocycles. The summed E-state index contributed by atoms with van der Waals surface area (Å²) in [5, 5.41) is 7.91. The molecule has 7 heteroatoms. The Balaban J connectivity index is 1.69. The molecule has 1 aromatic carbocycles. The number of carbonyl (C=O) groups excluding carboxylic acids is 1. The summed E-state index contributed by atoms with van der Waals surface area (Å²) in [5.74, 6) is 0.313. The second kappa shape index (κ2) is 9.44. The molecule has 2 rings (SSSR count). The van der Waals surface area contributed by atoms with Gasteiger partial charge in [-0.25, -0.2) is 0 Å². The lowest BCUT2D eigenvalue weighted by Crippen LogP contribution is -2.34. The number of hydrogen-bond acceptors (Lipinski definition) is 3. The molecule has 0 saturated carbocycles. The SMILES string of the molecule is Cc1ccc(Br)cc1NC(=O)CCNC(N)=NCCc1cccs1. The van der Waals surface area contributed by atoms with E-state index >= 15 is 0 Å². The first-order valence-electron chi connectivity index (χ1n) is 7.67. The van der Waals surface area contributed by atoms with Gasteiger partial charge < -0.3 is 16.4 Å². The van der Waals surface area contributed by atoms with Crippen LogP contribution in [0.2, 0.25) is 0 Å². The third-order valence-corrected chi connectivity index (χ3v) is 4.78. The molecule has 5 nitrogen and oxygen atoms in total. The number of hydrogen-bond donors (Lipinski definition) is 3. The van der Waals surface area contributed by atoms with E-state index in [0.29, 0.717) is 25.5 Å². The normalized spacial score (nSPS) is 11.3. The number of nitrogens with zero attached hydrogens (tertiary/aromatic N) is 1. The van der Waals surface area contributed by atoms with E-state index in [9.17, 15) is 4.79 Å². The van der Waals surface area contributed by atoms with E-state index in [2.05, 4.69) is 37.6 Å². The summed E-state index contributed by atoms with van der Waals surface area (Å²) in [6.45, 7) is 3.05. The van der Waals surface area contributed by atoms with Crippen LogP contribution in [-0.4, -0.2) is 25.0 Å². The van der Waals surface area contributed by atoms with E-state index in [0.717, 1.165) is 22.1 Å². The van der Waals surface area contributed by atoms with Crippen LogP contribution in [0, 0.1) is 6.92 Å². The molecule has 1 heterocycles. The second-order valence-corrected chi connectivity index (χ2v) is 7.23. The average molecular weight is 409 g/mol. The van der Waals surface area contributed by atoms with Crippen LogP contribution in [0.1, 0.15) is 16.9 Å². The van der Waals surface area contributed by atoms with E-state index in [4.69, 9.17) is 5.73 Å². The molecule has 0 aliphatic carbocycles. The number of nitrogens with two attached hydrogens (primary N) is 1. The number of guanidine groups is 1. The Bertz CT molecular complexity index is 701. The van der Waals surface area contributed by atoms with Gasteiger partial charge in [0.05, 0.1) is 0 Å². The predicted octanol–water partition coefficient (Wildman–Crippen LogP) is 3.29. The lowest BCUT2D eigenvalue weighted by molar-refractivity contribution is -0.116. The third-order valence-electron chi connectivity index (χ3n) is 3.35. The largest absolute Gasteiger partial charge is 0.370 e. The van der Waals surface area contributed by atoms with E-state index < -0.39 is 0 Å². The Morgan fingerprint density at radius 1 is 1.38 bits per heavy atom.